The van der Waals surface area contributed by atoms with Gasteiger partial charge in [-0.25, -0.2) is 4.79 Å². The molecule has 0 saturated carbocycles. The van der Waals surface area contributed by atoms with Crippen molar-refractivity contribution in [1.82, 2.24) is 10.2 Å². The van der Waals surface area contributed by atoms with Crippen molar-refractivity contribution in [2.75, 3.05) is 19.6 Å². The summed E-state index contributed by atoms with van der Waals surface area (Å²) in [4.78, 5) is 14.1. The molecule has 1 aromatic carbocycles. The summed E-state index contributed by atoms with van der Waals surface area (Å²) in [6, 6.07) is 5.11. The van der Waals surface area contributed by atoms with Gasteiger partial charge in [-0.2, -0.15) is 0 Å². The van der Waals surface area contributed by atoms with Crippen LogP contribution in [0.1, 0.15) is 32.4 Å². The van der Waals surface area contributed by atoms with Crippen LogP contribution in [0.2, 0.25) is 10.0 Å². The fourth-order valence-electron chi connectivity index (χ4n) is 2.29. The van der Waals surface area contributed by atoms with Gasteiger partial charge in [-0.15, -0.1) is 0 Å². The summed E-state index contributed by atoms with van der Waals surface area (Å²) in [6.45, 7) is 7.49. The molecule has 0 spiro atoms. The quantitative estimate of drug-likeness (QED) is 0.849. The van der Waals surface area contributed by atoms with Gasteiger partial charge in [-0.1, -0.05) is 23.2 Å². The lowest BCUT2D eigenvalue weighted by atomic mass is 10.0. The topological polar surface area (TPSA) is 41.6 Å². The van der Waals surface area contributed by atoms with Gasteiger partial charge in [0.1, 0.15) is 5.60 Å². The molecule has 2 rings (SSSR count). The highest BCUT2D eigenvalue weighted by molar-refractivity contribution is 6.33. The van der Waals surface area contributed by atoms with Crippen molar-refractivity contribution in [2.45, 2.75) is 32.4 Å². The SMILES string of the molecule is CC(C)(C)OC(=O)N1CCNCC1c1cc(Cl)ccc1Cl. The molecule has 0 radical (unpaired) electrons. The van der Waals surface area contributed by atoms with Gasteiger partial charge >= 0.3 is 6.09 Å². The molecule has 1 atom stereocenters. The first-order valence-corrected chi connectivity index (χ1v) is 7.69. The van der Waals surface area contributed by atoms with Gasteiger partial charge in [-0.3, -0.25) is 4.90 Å². The Morgan fingerprint density at radius 1 is 1.38 bits per heavy atom. The average Bonchev–Trinajstić information content (AvgIpc) is 2.39. The lowest BCUT2D eigenvalue weighted by Gasteiger charge is -2.37. The van der Waals surface area contributed by atoms with Crippen molar-refractivity contribution in [3.63, 3.8) is 0 Å². The van der Waals surface area contributed by atoms with E-state index >= 15 is 0 Å². The second-order valence-electron chi connectivity index (χ2n) is 6.06. The summed E-state index contributed by atoms with van der Waals surface area (Å²) in [5.41, 5.74) is 0.312. The Kier molecular flexibility index (Phi) is 5.02. The molecule has 0 bridgehead atoms. The number of carbonyl (C=O) groups excluding carboxylic acids is 1. The maximum atomic E-state index is 12.4. The molecule has 1 amide bonds. The molecule has 21 heavy (non-hydrogen) atoms. The molecule has 1 fully saturated rings. The molecule has 1 aliphatic rings. The van der Waals surface area contributed by atoms with E-state index in [4.69, 9.17) is 27.9 Å². The van der Waals surface area contributed by atoms with Crippen molar-refractivity contribution in [2.24, 2.45) is 0 Å². The molecule has 0 aromatic heterocycles. The zero-order chi connectivity index (χ0) is 15.6. The summed E-state index contributed by atoms with van der Waals surface area (Å²) in [6.07, 6.45) is -0.329. The second kappa shape index (κ2) is 6.42. The number of benzene rings is 1. The standard InChI is InChI=1S/C15H20Cl2N2O2/c1-15(2,3)21-14(20)19-7-6-18-9-13(19)11-8-10(16)4-5-12(11)17/h4-5,8,13,18H,6-7,9H2,1-3H3. The Hall–Kier alpha value is -0.970. The zero-order valence-electron chi connectivity index (χ0n) is 12.5. The van der Waals surface area contributed by atoms with Gasteiger partial charge < -0.3 is 10.1 Å². The van der Waals surface area contributed by atoms with Crippen molar-refractivity contribution in [3.05, 3.63) is 33.8 Å². The molecule has 0 aliphatic carbocycles. The van der Waals surface area contributed by atoms with Crippen molar-refractivity contribution < 1.29 is 9.53 Å². The molecule has 1 aliphatic heterocycles. The monoisotopic (exact) mass is 330 g/mol. The average molecular weight is 331 g/mol. The summed E-state index contributed by atoms with van der Waals surface area (Å²) in [5, 5.41) is 4.48. The lowest BCUT2D eigenvalue weighted by Crippen LogP contribution is -2.50. The van der Waals surface area contributed by atoms with E-state index < -0.39 is 5.60 Å². The van der Waals surface area contributed by atoms with E-state index in [0.29, 0.717) is 23.1 Å². The fourth-order valence-corrected chi connectivity index (χ4v) is 2.72. The number of hydrogen-bond acceptors (Lipinski definition) is 3. The summed E-state index contributed by atoms with van der Waals surface area (Å²) in [5.74, 6) is 0. The van der Waals surface area contributed by atoms with Crippen LogP contribution in [0, 0.1) is 0 Å². The van der Waals surface area contributed by atoms with E-state index in [2.05, 4.69) is 5.32 Å². The highest BCUT2D eigenvalue weighted by Gasteiger charge is 2.32. The van der Waals surface area contributed by atoms with Gasteiger partial charge in [0, 0.05) is 29.7 Å². The van der Waals surface area contributed by atoms with Gasteiger partial charge in [0.05, 0.1) is 6.04 Å². The normalized spacial score (nSPS) is 19.5. The van der Waals surface area contributed by atoms with E-state index in [1.165, 1.54) is 0 Å². The van der Waals surface area contributed by atoms with E-state index in [0.717, 1.165) is 12.1 Å². The van der Waals surface area contributed by atoms with Crippen LogP contribution in [0.15, 0.2) is 18.2 Å². The van der Waals surface area contributed by atoms with Gasteiger partial charge in [0.25, 0.3) is 0 Å². The largest absolute Gasteiger partial charge is 0.444 e. The minimum Gasteiger partial charge on any atom is -0.444 e. The number of hydrogen-bond donors (Lipinski definition) is 1. The van der Waals surface area contributed by atoms with Crippen LogP contribution in [0.4, 0.5) is 4.79 Å². The van der Waals surface area contributed by atoms with E-state index in [1.807, 2.05) is 20.8 Å². The van der Waals surface area contributed by atoms with Crippen molar-refractivity contribution in [1.29, 1.82) is 0 Å². The Labute approximate surface area is 135 Å². The molecule has 1 unspecified atom stereocenters. The number of halogens is 2. The summed E-state index contributed by atoms with van der Waals surface area (Å²) >= 11 is 12.3. The number of ether oxygens (including phenoxy) is 1. The minimum atomic E-state index is -0.523. The summed E-state index contributed by atoms with van der Waals surface area (Å²) < 4.78 is 5.48. The maximum absolute atomic E-state index is 12.4. The van der Waals surface area contributed by atoms with Crippen LogP contribution in [-0.2, 0) is 4.74 Å². The number of carbonyl (C=O) groups is 1. The van der Waals surface area contributed by atoms with E-state index in [-0.39, 0.29) is 12.1 Å². The van der Waals surface area contributed by atoms with Crippen LogP contribution in [0.25, 0.3) is 0 Å². The van der Waals surface area contributed by atoms with Crippen molar-refractivity contribution in [3.8, 4) is 0 Å². The molecule has 4 nitrogen and oxygen atoms in total. The summed E-state index contributed by atoms with van der Waals surface area (Å²) in [7, 11) is 0. The number of nitrogens with zero attached hydrogens (tertiary/aromatic N) is 1. The molecule has 6 heteroatoms. The third-order valence-corrected chi connectivity index (χ3v) is 3.77. The molecule has 1 saturated heterocycles. The molecular weight excluding hydrogens is 311 g/mol. The van der Waals surface area contributed by atoms with Crippen LogP contribution in [0.5, 0.6) is 0 Å². The van der Waals surface area contributed by atoms with Crippen LogP contribution < -0.4 is 5.32 Å². The Morgan fingerprint density at radius 2 is 2.10 bits per heavy atom. The Bertz CT molecular complexity index is 529. The van der Waals surface area contributed by atoms with Gasteiger partial charge in [0.2, 0.25) is 0 Å². The van der Waals surface area contributed by atoms with E-state index in [9.17, 15) is 4.79 Å². The zero-order valence-corrected chi connectivity index (χ0v) is 14.0. The molecule has 1 heterocycles. The first-order chi connectivity index (χ1) is 9.78. The molecule has 116 valence electrons. The Morgan fingerprint density at radius 3 is 2.76 bits per heavy atom. The van der Waals surface area contributed by atoms with Crippen molar-refractivity contribution >= 4 is 29.3 Å². The number of amides is 1. The first-order valence-electron chi connectivity index (χ1n) is 6.93. The van der Waals surface area contributed by atoms with E-state index in [1.54, 1.807) is 23.1 Å². The Balaban J connectivity index is 2.27. The van der Waals surface area contributed by atoms with Gasteiger partial charge in [0.15, 0.2) is 0 Å². The fraction of sp³-hybridized carbons (Fsp3) is 0.533. The first kappa shape index (κ1) is 16.4. The van der Waals surface area contributed by atoms with Gasteiger partial charge in [-0.05, 0) is 44.5 Å². The van der Waals surface area contributed by atoms with Crippen LogP contribution in [0.3, 0.4) is 0 Å². The third kappa shape index (κ3) is 4.25. The number of piperazine rings is 1. The smallest absolute Gasteiger partial charge is 0.410 e. The second-order valence-corrected chi connectivity index (χ2v) is 6.90. The number of rotatable bonds is 1. The molecule has 1 N–H and O–H groups in total. The maximum Gasteiger partial charge on any atom is 0.410 e. The number of nitrogens with one attached hydrogen (secondary N) is 1. The highest BCUT2D eigenvalue weighted by Crippen LogP contribution is 2.31. The minimum absolute atomic E-state index is 0.181. The lowest BCUT2D eigenvalue weighted by molar-refractivity contribution is 0.0118. The third-order valence-electron chi connectivity index (χ3n) is 3.19. The highest BCUT2D eigenvalue weighted by atomic mass is 35.5. The molecule has 1 aromatic rings. The van der Waals surface area contributed by atoms with Crippen LogP contribution in [-0.4, -0.2) is 36.2 Å². The predicted octanol–water partition coefficient (Wildman–Crippen LogP) is 3.87. The van der Waals surface area contributed by atoms with Crippen LogP contribution >= 0.6 is 23.2 Å². The molecular formula is C15H20Cl2N2O2. The predicted molar refractivity (Wildman–Crippen MR) is 85.0 cm³/mol.